The normalized spacial score (nSPS) is 12.1. The number of carbonyl (C=O) groups is 1. The van der Waals surface area contributed by atoms with E-state index in [1.54, 1.807) is 42.5 Å². The summed E-state index contributed by atoms with van der Waals surface area (Å²) in [5, 5.41) is 7.61. The molecule has 1 amide bonds. The average Bonchev–Trinajstić information content (AvgIpc) is 3.33. The lowest BCUT2D eigenvalue weighted by Gasteiger charge is -2.17. The molecular weight excluding hydrogens is 497 g/mol. The molecule has 1 heterocycles. The molecule has 0 bridgehead atoms. The minimum absolute atomic E-state index is 0.328. The number of aromatic nitrogens is 3. The number of hydrogen-bond acceptors (Lipinski definition) is 5. The third kappa shape index (κ3) is 6.54. The fourth-order valence-electron chi connectivity index (χ4n) is 3.39. The molecule has 11 heteroatoms. The first-order valence-corrected chi connectivity index (χ1v) is 11.2. The van der Waals surface area contributed by atoms with Crippen molar-refractivity contribution in [1.29, 1.82) is 0 Å². The van der Waals surface area contributed by atoms with Gasteiger partial charge in [-0.1, -0.05) is 30.7 Å². The van der Waals surface area contributed by atoms with E-state index < -0.39 is 18.6 Å². The zero-order chi connectivity index (χ0) is 25.7. The van der Waals surface area contributed by atoms with Crippen LogP contribution in [-0.2, 0) is 4.74 Å². The fraction of sp³-hybridized carbons (Fsp3) is 0.160. The Bertz CT molecular complexity index is 1330. The summed E-state index contributed by atoms with van der Waals surface area (Å²) < 4.78 is 47.8. The maximum atomic E-state index is 12.4. The van der Waals surface area contributed by atoms with Crippen molar-refractivity contribution in [2.75, 3.05) is 5.32 Å². The van der Waals surface area contributed by atoms with Gasteiger partial charge >= 0.3 is 12.5 Å². The van der Waals surface area contributed by atoms with E-state index in [0.717, 1.165) is 5.56 Å². The Morgan fingerprint density at radius 2 is 1.81 bits per heavy atom. The molecule has 186 valence electrons. The van der Waals surface area contributed by atoms with Gasteiger partial charge in [-0.2, -0.15) is 0 Å². The van der Waals surface area contributed by atoms with Gasteiger partial charge in [-0.25, -0.2) is 14.5 Å². The number of carbonyl (C=O) groups excluding carboxylic acids is 1. The minimum atomic E-state index is -4.76. The summed E-state index contributed by atoms with van der Waals surface area (Å²) in [6, 6.07) is 19.2. The monoisotopic (exact) mass is 516 g/mol. The van der Waals surface area contributed by atoms with Gasteiger partial charge in [0.25, 0.3) is 0 Å². The van der Waals surface area contributed by atoms with E-state index in [9.17, 15) is 18.0 Å². The Hall–Kier alpha value is -4.05. The molecule has 0 spiro atoms. The highest BCUT2D eigenvalue weighted by Gasteiger charge is 2.31. The maximum absolute atomic E-state index is 12.4. The second-order valence-electron chi connectivity index (χ2n) is 7.61. The first kappa shape index (κ1) is 25.1. The zero-order valence-electron chi connectivity index (χ0n) is 18.9. The number of halogens is 4. The topological polar surface area (TPSA) is 78.3 Å². The molecule has 1 aromatic heterocycles. The SMILES string of the molecule is CCC(OC(=O)Nc1ccc(-c2ncn(-c3ccc(OC(F)(F)F)cc3)n2)cc1)c1cccc(Cl)c1. The lowest BCUT2D eigenvalue weighted by molar-refractivity contribution is -0.274. The predicted octanol–water partition coefficient (Wildman–Crippen LogP) is 7.19. The second-order valence-corrected chi connectivity index (χ2v) is 8.05. The molecule has 36 heavy (non-hydrogen) atoms. The molecule has 4 rings (SSSR count). The van der Waals surface area contributed by atoms with Crippen molar-refractivity contribution in [2.24, 2.45) is 0 Å². The van der Waals surface area contributed by atoms with Gasteiger partial charge in [0.05, 0.1) is 5.69 Å². The van der Waals surface area contributed by atoms with E-state index >= 15 is 0 Å². The van der Waals surface area contributed by atoms with Crippen LogP contribution < -0.4 is 10.1 Å². The summed E-state index contributed by atoms with van der Waals surface area (Å²) in [6.45, 7) is 1.91. The first-order chi connectivity index (χ1) is 17.2. The summed E-state index contributed by atoms with van der Waals surface area (Å²) in [4.78, 5) is 16.6. The molecule has 0 saturated heterocycles. The van der Waals surface area contributed by atoms with Gasteiger partial charge in [0.1, 0.15) is 18.2 Å². The van der Waals surface area contributed by atoms with Crippen molar-refractivity contribution in [2.45, 2.75) is 25.8 Å². The van der Waals surface area contributed by atoms with Gasteiger partial charge in [-0.3, -0.25) is 5.32 Å². The predicted molar refractivity (Wildman–Crippen MR) is 128 cm³/mol. The molecule has 0 radical (unpaired) electrons. The van der Waals surface area contributed by atoms with Crippen LogP contribution in [0.3, 0.4) is 0 Å². The highest BCUT2D eigenvalue weighted by molar-refractivity contribution is 6.30. The third-order valence-corrected chi connectivity index (χ3v) is 5.29. The Balaban J connectivity index is 1.38. The Morgan fingerprint density at radius 1 is 1.08 bits per heavy atom. The Kier molecular flexibility index (Phi) is 7.44. The van der Waals surface area contributed by atoms with E-state index in [-0.39, 0.29) is 5.75 Å². The highest BCUT2D eigenvalue weighted by atomic mass is 35.5. The molecule has 4 aromatic rings. The van der Waals surface area contributed by atoms with Gasteiger partial charge in [0, 0.05) is 16.3 Å². The summed E-state index contributed by atoms with van der Waals surface area (Å²) in [5.74, 6) is 0.0674. The lowest BCUT2D eigenvalue weighted by atomic mass is 10.1. The summed E-state index contributed by atoms with van der Waals surface area (Å²) in [5.41, 5.74) is 2.51. The molecule has 0 aliphatic heterocycles. The van der Waals surface area contributed by atoms with Gasteiger partial charge in [0.15, 0.2) is 5.82 Å². The number of nitrogens with one attached hydrogen (secondary N) is 1. The number of rotatable bonds is 7. The smallest absolute Gasteiger partial charge is 0.441 e. The number of nitrogens with zero attached hydrogens (tertiary/aromatic N) is 3. The highest BCUT2D eigenvalue weighted by Crippen LogP contribution is 2.26. The quantitative estimate of drug-likeness (QED) is 0.281. The zero-order valence-corrected chi connectivity index (χ0v) is 19.6. The van der Waals surface area contributed by atoms with Gasteiger partial charge < -0.3 is 9.47 Å². The van der Waals surface area contributed by atoms with Gasteiger partial charge in [-0.15, -0.1) is 18.3 Å². The number of anilines is 1. The second kappa shape index (κ2) is 10.7. The molecule has 0 fully saturated rings. The van der Waals surface area contributed by atoms with E-state index in [1.165, 1.54) is 35.3 Å². The number of amides is 1. The molecular formula is C25H20ClF3N4O3. The Labute approximate surface area is 209 Å². The molecule has 7 nitrogen and oxygen atoms in total. The van der Waals surface area contributed by atoms with E-state index in [0.29, 0.717) is 34.2 Å². The number of alkyl halides is 3. The number of ether oxygens (including phenoxy) is 2. The maximum Gasteiger partial charge on any atom is 0.573 e. The molecule has 0 aliphatic carbocycles. The average molecular weight is 517 g/mol. The number of hydrogen-bond donors (Lipinski definition) is 1. The fourth-order valence-corrected chi connectivity index (χ4v) is 3.59. The van der Waals surface area contributed by atoms with Crippen LogP contribution in [-0.4, -0.2) is 27.2 Å². The summed E-state index contributed by atoms with van der Waals surface area (Å²) >= 11 is 6.03. The van der Waals surface area contributed by atoms with Crippen LogP contribution in [0.1, 0.15) is 25.0 Å². The van der Waals surface area contributed by atoms with E-state index in [2.05, 4.69) is 20.1 Å². The third-order valence-electron chi connectivity index (χ3n) is 5.06. The summed E-state index contributed by atoms with van der Waals surface area (Å²) in [6.07, 6.45) is -3.77. The molecule has 1 unspecified atom stereocenters. The molecule has 0 saturated carbocycles. The molecule has 1 N–H and O–H groups in total. The first-order valence-electron chi connectivity index (χ1n) is 10.8. The van der Waals surface area contributed by atoms with Crippen LogP contribution in [0.5, 0.6) is 5.75 Å². The van der Waals surface area contributed by atoms with E-state index in [4.69, 9.17) is 16.3 Å². The van der Waals surface area contributed by atoms with Crippen molar-refractivity contribution >= 4 is 23.4 Å². The minimum Gasteiger partial charge on any atom is -0.441 e. The standard InChI is InChI=1S/C25H20ClF3N4O3/c1-2-22(17-4-3-5-18(26)14-17)35-24(34)31-19-8-6-16(7-9-19)23-30-15-33(32-23)20-10-12-21(13-11-20)36-25(27,28)29/h3-15,22H,2H2,1H3,(H,31,34). The Morgan fingerprint density at radius 3 is 2.44 bits per heavy atom. The lowest BCUT2D eigenvalue weighted by Crippen LogP contribution is -2.17. The van der Waals surface area contributed by atoms with Crippen molar-refractivity contribution in [1.82, 2.24) is 14.8 Å². The molecule has 1 atom stereocenters. The van der Waals surface area contributed by atoms with Crippen molar-refractivity contribution in [3.63, 3.8) is 0 Å². The van der Waals surface area contributed by atoms with Crippen LogP contribution in [0.2, 0.25) is 5.02 Å². The van der Waals surface area contributed by atoms with Crippen LogP contribution in [0.15, 0.2) is 79.1 Å². The van der Waals surface area contributed by atoms with Crippen molar-refractivity contribution in [3.8, 4) is 22.8 Å². The largest absolute Gasteiger partial charge is 0.573 e. The van der Waals surface area contributed by atoms with Gasteiger partial charge in [-0.05, 0) is 72.6 Å². The molecule has 0 aliphatic rings. The summed E-state index contributed by atoms with van der Waals surface area (Å²) in [7, 11) is 0. The van der Waals surface area contributed by atoms with Crippen LogP contribution >= 0.6 is 11.6 Å². The van der Waals surface area contributed by atoms with Crippen LogP contribution in [0, 0.1) is 0 Å². The number of benzene rings is 3. The van der Waals surface area contributed by atoms with Crippen LogP contribution in [0.25, 0.3) is 17.1 Å². The van der Waals surface area contributed by atoms with Gasteiger partial charge in [0.2, 0.25) is 0 Å². The van der Waals surface area contributed by atoms with E-state index in [1.807, 2.05) is 13.0 Å². The van der Waals surface area contributed by atoms with Crippen molar-refractivity contribution in [3.05, 3.63) is 89.7 Å². The van der Waals surface area contributed by atoms with Crippen molar-refractivity contribution < 1.29 is 27.4 Å². The molecule has 3 aromatic carbocycles. The van der Waals surface area contributed by atoms with Crippen LogP contribution in [0.4, 0.5) is 23.7 Å².